The van der Waals surface area contributed by atoms with Gasteiger partial charge in [0.05, 0.1) is 7.11 Å². The zero-order valence-corrected chi connectivity index (χ0v) is 12.2. The highest BCUT2D eigenvalue weighted by molar-refractivity contribution is 5.87. The molecule has 0 amide bonds. The van der Waals surface area contributed by atoms with Gasteiger partial charge in [-0.05, 0) is 23.8 Å². The molecule has 2 N–H and O–H groups in total. The van der Waals surface area contributed by atoms with Crippen molar-refractivity contribution in [3.05, 3.63) is 58.2 Å². The number of hydrogen-bond donors (Lipinski definition) is 2. The summed E-state index contributed by atoms with van der Waals surface area (Å²) >= 11 is 0. The normalized spacial score (nSPS) is 10.7. The standard InChI is InChI=1S/C16H14O7/c1-21-15-6-10(2-4-12(15)17)3-5-16(20)23-8-11-7-13(18)14(19)9-22-11/h2-7,9,17,19H,8H2,1H3. The highest BCUT2D eigenvalue weighted by Crippen LogP contribution is 2.26. The Labute approximate surface area is 131 Å². The maximum Gasteiger partial charge on any atom is 0.331 e. The lowest BCUT2D eigenvalue weighted by Crippen LogP contribution is -2.04. The van der Waals surface area contributed by atoms with Crippen molar-refractivity contribution in [2.75, 3.05) is 7.11 Å². The van der Waals surface area contributed by atoms with Crippen LogP contribution < -0.4 is 10.2 Å². The van der Waals surface area contributed by atoms with Crippen LogP contribution in [0.3, 0.4) is 0 Å². The van der Waals surface area contributed by atoms with E-state index in [2.05, 4.69) is 0 Å². The van der Waals surface area contributed by atoms with Crippen molar-refractivity contribution in [1.29, 1.82) is 0 Å². The molecule has 0 unspecified atom stereocenters. The van der Waals surface area contributed by atoms with Gasteiger partial charge >= 0.3 is 5.97 Å². The van der Waals surface area contributed by atoms with Crippen LogP contribution in [-0.2, 0) is 16.1 Å². The van der Waals surface area contributed by atoms with Gasteiger partial charge in [-0.1, -0.05) is 6.07 Å². The number of benzene rings is 1. The number of aromatic hydroxyl groups is 2. The zero-order chi connectivity index (χ0) is 16.8. The molecule has 0 saturated carbocycles. The Morgan fingerprint density at radius 1 is 1.26 bits per heavy atom. The first-order valence-corrected chi connectivity index (χ1v) is 6.52. The van der Waals surface area contributed by atoms with Crippen molar-refractivity contribution in [1.82, 2.24) is 0 Å². The van der Waals surface area contributed by atoms with E-state index in [9.17, 15) is 14.7 Å². The molecule has 7 heteroatoms. The molecule has 2 rings (SSSR count). The summed E-state index contributed by atoms with van der Waals surface area (Å²) in [7, 11) is 1.42. The first-order valence-electron chi connectivity index (χ1n) is 6.52. The van der Waals surface area contributed by atoms with Crippen LogP contribution in [-0.4, -0.2) is 23.3 Å². The Hall–Kier alpha value is -3.22. The van der Waals surface area contributed by atoms with Gasteiger partial charge in [0.15, 0.2) is 17.2 Å². The maximum absolute atomic E-state index is 11.6. The van der Waals surface area contributed by atoms with E-state index in [1.54, 1.807) is 12.1 Å². The Morgan fingerprint density at radius 2 is 2.04 bits per heavy atom. The number of phenols is 1. The van der Waals surface area contributed by atoms with Crippen molar-refractivity contribution >= 4 is 12.0 Å². The fraction of sp³-hybridized carbons (Fsp3) is 0.125. The average molecular weight is 318 g/mol. The predicted molar refractivity (Wildman–Crippen MR) is 80.1 cm³/mol. The van der Waals surface area contributed by atoms with Crippen LogP contribution in [0, 0.1) is 0 Å². The molecule has 1 heterocycles. The predicted octanol–water partition coefficient (Wildman–Crippen LogP) is 1.82. The second kappa shape index (κ2) is 7.17. The lowest BCUT2D eigenvalue weighted by molar-refractivity contribution is -0.139. The minimum absolute atomic E-state index is 0.00501. The summed E-state index contributed by atoms with van der Waals surface area (Å²) < 4.78 is 14.8. The van der Waals surface area contributed by atoms with E-state index in [0.29, 0.717) is 5.56 Å². The Kier molecular flexibility index (Phi) is 5.03. The Morgan fingerprint density at radius 3 is 2.74 bits per heavy atom. The van der Waals surface area contributed by atoms with Crippen molar-refractivity contribution < 1.29 is 28.9 Å². The van der Waals surface area contributed by atoms with Crippen molar-refractivity contribution in [2.45, 2.75) is 6.61 Å². The summed E-state index contributed by atoms with van der Waals surface area (Å²) in [5, 5.41) is 18.5. The molecule has 0 bridgehead atoms. The maximum atomic E-state index is 11.6. The molecule has 2 aromatic rings. The first-order chi connectivity index (χ1) is 11.0. The van der Waals surface area contributed by atoms with Gasteiger partial charge < -0.3 is 24.1 Å². The summed E-state index contributed by atoms with van der Waals surface area (Å²) in [5.41, 5.74) is 0.0156. The summed E-state index contributed by atoms with van der Waals surface area (Å²) in [6, 6.07) is 5.63. The zero-order valence-electron chi connectivity index (χ0n) is 12.2. The van der Waals surface area contributed by atoms with Crippen LogP contribution in [0.15, 0.2) is 45.8 Å². The Bertz CT molecular complexity index is 789. The summed E-state index contributed by atoms with van der Waals surface area (Å²) in [6.45, 7) is -0.238. The number of carbonyl (C=O) groups excluding carboxylic acids is 1. The van der Waals surface area contributed by atoms with Gasteiger partial charge in [0.25, 0.3) is 0 Å². The van der Waals surface area contributed by atoms with Crippen LogP contribution >= 0.6 is 0 Å². The van der Waals surface area contributed by atoms with Gasteiger partial charge in [0.1, 0.15) is 18.6 Å². The van der Waals surface area contributed by atoms with Gasteiger partial charge in [-0.3, -0.25) is 4.79 Å². The molecule has 0 radical (unpaired) electrons. The van der Waals surface area contributed by atoms with Crippen molar-refractivity contribution in [3.63, 3.8) is 0 Å². The second-order valence-electron chi connectivity index (χ2n) is 4.47. The minimum atomic E-state index is -0.646. The average Bonchev–Trinajstić information content (AvgIpc) is 2.55. The van der Waals surface area contributed by atoms with E-state index in [0.717, 1.165) is 12.3 Å². The molecule has 0 atom stereocenters. The summed E-state index contributed by atoms with van der Waals surface area (Å²) in [5.74, 6) is -0.768. The van der Waals surface area contributed by atoms with Crippen LogP contribution in [0.4, 0.5) is 0 Å². The highest BCUT2D eigenvalue weighted by atomic mass is 16.5. The minimum Gasteiger partial charge on any atom is -0.504 e. The second-order valence-corrected chi connectivity index (χ2v) is 4.47. The molecule has 0 aliphatic rings. The largest absolute Gasteiger partial charge is 0.504 e. The van der Waals surface area contributed by atoms with Crippen LogP contribution in [0.25, 0.3) is 6.08 Å². The molecular weight excluding hydrogens is 304 g/mol. The quantitative estimate of drug-likeness (QED) is 0.639. The van der Waals surface area contributed by atoms with Gasteiger partial charge in [-0.15, -0.1) is 0 Å². The number of carbonyl (C=O) groups is 1. The van der Waals surface area contributed by atoms with E-state index in [1.165, 1.54) is 25.3 Å². The van der Waals surface area contributed by atoms with E-state index >= 15 is 0 Å². The molecule has 0 spiro atoms. The fourth-order valence-corrected chi connectivity index (χ4v) is 1.67. The molecule has 1 aromatic carbocycles. The smallest absolute Gasteiger partial charge is 0.331 e. The monoisotopic (exact) mass is 318 g/mol. The first kappa shape index (κ1) is 16.2. The number of hydrogen-bond acceptors (Lipinski definition) is 7. The highest BCUT2D eigenvalue weighted by Gasteiger charge is 2.05. The summed E-state index contributed by atoms with van der Waals surface area (Å²) in [6.07, 6.45) is 3.55. The topological polar surface area (TPSA) is 106 Å². The summed E-state index contributed by atoms with van der Waals surface area (Å²) in [4.78, 5) is 22.8. The molecule has 23 heavy (non-hydrogen) atoms. The Balaban J connectivity index is 1.96. The van der Waals surface area contributed by atoms with E-state index in [-0.39, 0.29) is 23.9 Å². The van der Waals surface area contributed by atoms with Crippen LogP contribution in [0.5, 0.6) is 17.2 Å². The van der Waals surface area contributed by atoms with Gasteiger partial charge in [-0.2, -0.15) is 0 Å². The van der Waals surface area contributed by atoms with E-state index in [1.807, 2.05) is 0 Å². The molecule has 120 valence electrons. The van der Waals surface area contributed by atoms with Crippen molar-refractivity contribution in [2.24, 2.45) is 0 Å². The van der Waals surface area contributed by atoms with Crippen molar-refractivity contribution in [3.8, 4) is 17.2 Å². The third-order valence-corrected chi connectivity index (χ3v) is 2.84. The van der Waals surface area contributed by atoms with Crippen LogP contribution in [0.2, 0.25) is 0 Å². The van der Waals surface area contributed by atoms with E-state index < -0.39 is 17.1 Å². The van der Waals surface area contributed by atoms with Gasteiger partial charge in [-0.25, -0.2) is 4.79 Å². The lowest BCUT2D eigenvalue weighted by Gasteiger charge is -2.04. The molecule has 1 aromatic heterocycles. The number of methoxy groups -OCH3 is 1. The number of ether oxygens (including phenoxy) is 2. The molecule has 0 fully saturated rings. The third-order valence-electron chi connectivity index (χ3n) is 2.84. The van der Waals surface area contributed by atoms with Gasteiger partial charge in [0, 0.05) is 12.1 Å². The molecule has 7 nitrogen and oxygen atoms in total. The number of rotatable bonds is 5. The SMILES string of the molecule is COc1cc(C=CC(=O)OCc2cc(=O)c(O)co2)ccc1O. The van der Waals surface area contributed by atoms with Gasteiger partial charge in [0.2, 0.25) is 5.43 Å². The van der Waals surface area contributed by atoms with Crippen LogP contribution in [0.1, 0.15) is 11.3 Å². The molecule has 0 aliphatic heterocycles. The molecule has 0 aliphatic carbocycles. The number of esters is 1. The number of phenolic OH excluding ortho intramolecular Hbond substituents is 1. The molecular formula is C16H14O7. The van der Waals surface area contributed by atoms with E-state index in [4.69, 9.17) is 19.0 Å². The molecule has 0 saturated heterocycles. The fourth-order valence-electron chi connectivity index (χ4n) is 1.67. The lowest BCUT2D eigenvalue weighted by atomic mass is 10.2. The third kappa shape index (κ3) is 4.37.